The Morgan fingerprint density at radius 2 is 1.62 bits per heavy atom. The zero-order valence-electron chi connectivity index (χ0n) is 11.7. The van der Waals surface area contributed by atoms with Crippen molar-refractivity contribution in [3.63, 3.8) is 0 Å². The van der Waals surface area contributed by atoms with Crippen LogP contribution < -0.4 is 0 Å². The van der Waals surface area contributed by atoms with E-state index in [1.54, 1.807) is 0 Å². The lowest BCUT2D eigenvalue weighted by Gasteiger charge is -2.52. The summed E-state index contributed by atoms with van der Waals surface area (Å²) in [5.74, 6) is 0. The van der Waals surface area contributed by atoms with Crippen molar-refractivity contribution in [3.8, 4) is 0 Å². The Labute approximate surface area is 100 Å². The minimum atomic E-state index is 0.203. The van der Waals surface area contributed by atoms with Gasteiger partial charge in [0.2, 0.25) is 0 Å². The number of hydrogen-bond acceptors (Lipinski definition) is 2. The molecule has 1 saturated heterocycles. The average molecular weight is 225 g/mol. The van der Waals surface area contributed by atoms with E-state index in [1.165, 1.54) is 19.3 Å². The van der Waals surface area contributed by atoms with Gasteiger partial charge in [-0.1, -0.05) is 20.8 Å². The molecule has 3 unspecified atom stereocenters. The second kappa shape index (κ2) is 3.71. The molecule has 2 fully saturated rings. The summed E-state index contributed by atoms with van der Waals surface area (Å²) in [5, 5.41) is 0. The first-order valence-electron chi connectivity index (χ1n) is 6.63. The van der Waals surface area contributed by atoms with Crippen LogP contribution in [0.25, 0.3) is 0 Å². The van der Waals surface area contributed by atoms with E-state index in [9.17, 15) is 0 Å². The zero-order valence-corrected chi connectivity index (χ0v) is 11.7. The van der Waals surface area contributed by atoms with Gasteiger partial charge in [-0.05, 0) is 40.0 Å². The van der Waals surface area contributed by atoms with E-state index < -0.39 is 0 Å². The van der Waals surface area contributed by atoms with Crippen LogP contribution in [0.1, 0.15) is 60.8 Å². The first-order valence-corrected chi connectivity index (χ1v) is 6.63. The van der Waals surface area contributed by atoms with Crippen molar-refractivity contribution in [2.24, 2.45) is 5.41 Å². The molecule has 16 heavy (non-hydrogen) atoms. The van der Waals surface area contributed by atoms with Gasteiger partial charge < -0.3 is 4.74 Å². The average Bonchev–Trinajstić information content (AvgIpc) is 2.42. The first kappa shape index (κ1) is 12.4. The lowest BCUT2D eigenvalue weighted by Crippen LogP contribution is -2.61. The highest BCUT2D eigenvalue weighted by atomic mass is 16.5. The summed E-state index contributed by atoms with van der Waals surface area (Å²) in [7, 11) is 0. The van der Waals surface area contributed by atoms with Crippen molar-refractivity contribution in [2.75, 3.05) is 0 Å². The minimum Gasteiger partial charge on any atom is -0.359 e. The molecule has 1 heterocycles. The third-order valence-electron chi connectivity index (χ3n) is 3.84. The van der Waals surface area contributed by atoms with Crippen molar-refractivity contribution in [1.29, 1.82) is 0 Å². The molecule has 0 aromatic heterocycles. The van der Waals surface area contributed by atoms with E-state index in [1.807, 2.05) is 0 Å². The van der Waals surface area contributed by atoms with Gasteiger partial charge in [-0.25, -0.2) is 0 Å². The molecule has 1 saturated carbocycles. The fourth-order valence-corrected chi connectivity index (χ4v) is 3.25. The molecule has 94 valence electrons. The van der Waals surface area contributed by atoms with Crippen LogP contribution in [0, 0.1) is 5.41 Å². The highest BCUT2D eigenvalue weighted by molar-refractivity contribution is 4.98. The van der Waals surface area contributed by atoms with Gasteiger partial charge >= 0.3 is 0 Å². The normalized spacial score (nSPS) is 36.8. The fourth-order valence-electron chi connectivity index (χ4n) is 3.25. The smallest absolute Gasteiger partial charge is 0.116 e. The van der Waals surface area contributed by atoms with Crippen LogP contribution in [0.4, 0.5) is 0 Å². The Balaban J connectivity index is 2.28. The molecular weight excluding hydrogens is 198 g/mol. The van der Waals surface area contributed by atoms with Crippen molar-refractivity contribution in [2.45, 2.75) is 84.7 Å². The van der Waals surface area contributed by atoms with E-state index in [4.69, 9.17) is 4.74 Å². The van der Waals surface area contributed by atoms with Crippen molar-refractivity contribution in [1.82, 2.24) is 4.90 Å². The predicted molar refractivity (Wildman–Crippen MR) is 67.3 cm³/mol. The van der Waals surface area contributed by atoms with Crippen LogP contribution in [-0.2, 0) is 4.74 Å². The topological polar surface area (TPSA) is 12.5 Å². The van der Waals surface area contributed by atoms with Crippen molar-refractivity contribution < 1.29 is 4.74 Å². The molecule has 0 aromatic carbocycles. The molecule has 2 aliphatic rings. The molecule has 3 atom stereocenters. The van der Waals surface area contributed by atoms with Gasteiger partial charge in [-0.3, -0.25) is 4.90 Å². The van der Waals surface area contributed by atoms with Gasteiger partial charge in [0.25, 0.3) is 0 Å². The van der Waals surface area contributed by atoms with Gasteiger partial charge in [-0.2, -0.15) is 0 Å². The molecule has 0 N–H and O–H groups in total. The summed E-state index contributed by atoms with van der Waals surface area (Å²) in [6.07, 6.45) is 4.61. The van der Waals surface area contributed by atoms with E-state index >= 15 is 0 Å². The monoisotopic (exact) mass is 225 g/mol. The molecule has 0 radical (unpaired) electrons. The SMILES string of the molecule is CC(C)(C)C1OC2CCC(C2)N1C(C)(C)C. The molecule has 1 aliphatic heterocycles. The maximum absolute atomic E-state index is 6.31. The first-order chi connectivity index (χ1) is 7.19. The molecule has 2 bridgehead atoms. The third kappa shape index (κ3) is 2.14. The van der Waals surface area contributed by atoms with Gasteiger partial charge in [0, 0.05) is 17.0 Å². The standard InChI is InChI=1S/C14H27NO/c1-13(2,3)12-15(14(4,5)6)10-7-8-11(9-10)16-12/h10-12H,7-9H2,1-6H3. The van der Waals surface area contributed by atoms with E-state index in [2.05, 4.69) is 46.4 Å². The maximum atomic E-state index is 6.31. The maximum Gasteiger partial charge on any atom is 0.116 e. The molecule has 2 nitrogen and oxygen atoms in total. The summed E-state index contributed by atoms with van der Waals surface area (Å²) in [5.41, 5.74) is 0.409. The van der Waals surface area contributed by atoms with Gasteiger partial charge in [0.05, 0.1) is 6.10 Å². The van der Waals surface area contributed by atoms with Gasteiger partial charge in [0.1, 0.15) is 6.23 Å². The number of fused-ring (bicyclic) bond motifs is 2. The molecule has 2 rings (SSSR count). The minimum absolute atomic E-state index is 0.203. The molecule has 0 amide bonds. The van der Waals surface area contributed by atoms with Gasteiger partial charge in [-0.15, -0.1) is 0 Å². The van der Waals surface area contributed by atoms with Crippen LogP contribution >= 0.6 is 0 Å². The summed E-state index contributed by atoms with van der Waals surface area (Å²) < 4.78 is 6.31. The Hall–Kier alpha value is -0.0800. The lowest BCUT2D eigenvalue weighted by molar-refractivity contribution is -0.209. The van der Waals surface area contributed by atoms with Crippen LogP contribution in [0.15, 0.2) is 0 Å². The summed E-state index contributed by atoms with van der Waals surface area (Å²) in [6.45, 7) is 13.8. The molecule has 0 spiro atoms. The van der Waals surface area contributed by atoms with Crippen LogP contribution in [0.5, 0.6) is 0 Å². The summed E-state index contributed by atoms with van der Waals surface area (Å²) in [6, 6.07) is 0.739. The second-order valence-electron chi connectivity index (χ2n) is 7.52. The zero-order chi connectivity index (χ0) is 12.1. The van der Waals surface area contributed by atoms with E-state index in [-0.39, 0.29) is 17.2 Å². The quantitative estimate of drug-likeness (QED) is 0.626. The molecular formula is C14H27NO. The Kier molecular flexibility index (Phi) is 2.87. The van der Waals surface area contributed by atoms with Crippen LogP contribution in [0.2, 0.25) is 0 Å². The second-order valence-corrected chi connectivity index (χ2v) is 7.52. The number of ether oxygens (including phenoxy) is 1. The molecule has 1 aliphatic carbocycles. The third-order valence-corrected chi connectivity index (χ3v) is 3.84. The van der Waals surface area contributed by atoms with Crippen molar-refractivity contribution >= 4 is 0 Å². The van der Waals surface area contributed by atoms with Crippen molar-refractivity contribution in [3.05, 3.63) is 0 Å². The fraction of sp³-hybridized carbons (Fsp3) is 1.00. The van der Waals surface area contributed by atoms with Crippen LogP contribution in [0.3, 0.4) is 0 Å². The number of nitrogens with zero attached hydrogens (tertiary/aromatic N) is 1. The Morgan fingerprint density at radius 3 is 2.12 bits per heavy atom. The molecule has 0 aromatic rings. The summed E-state index contributed by atoms with van der Waals surface area (Å²) >= 11 is 0. The predicted octanol–water partition coefficient (Wildman–Crippen LogP) is 3.41. The van der Waals surface area contributed by atoms with E-state index in [0.717, 1.165) is 6.04 Å². The number of hydrogen-bond donors (Lipinski definition) is 0. The molecule has 2 heteroatoms. The summed E-state index contributed by atoms with van der Waals surface area (Å²) in [4.78, 5) is 2.62. The Bertz CT molecular complexity index is 261. The van der Waals surface area contributed by atoms with E-state index in [0.29, 0.717) is 6.10 Å². The lowest BCUT2D eigenvalue weighted by atomic mass is 9.87. The highest BCUT2D eigenvalue weighted by Gasteiger charge is 2.48. The van der Waals surface area contributed by atoms with Gasteiger partial charge in [0.15, 0.2) is 0 Å². The number of rotatable bonds is 0. The highest BCUT2D eigenvalue weighted by Crippen LogP contribution is 2.43. The van der Waals surface area contributed by atoms with Crippen LogP contribution in [-0.4, -0.2) is 28.8 Å². The largest absolute Gasteiger partial charge is 0.359 e. The Morgan fingerprint density at radius 1 is 1.00 bits per heavy atom.